The van der Waals surface area contributed by atoms with E-state index in [0.29, 0.717) is 11.7 Å². The first-order valence-corrected chi connectivity index (χ1v) is 7.07. The molecule has 2 heterocycles. The Kier molecular flexibility index (Phi) is 4.43. The maximum atomic E-state index is 8.64. The van der Waals surface area contributed by atoms with Gasteiger partial charge in [-0.15, -0.1) is 0 Å². The van der Waals surface area contributed by atoms with Crippen molar-refractivity contribution in [2.45, 2.75) is 19.0 Å². The highest BCUT2D eigenvalue weighted by Crippen LogP contribution is 2.22. The van der Waals surface area contributed by atoms with Crippen LogP contribution in [-0.2, 0) is 6.54 Å². The van der Waals surface area contributed by atoms with Crippen molar-refractivity contribution in [1.29, 1.82) is 0 Å². The molecular weight excluding hydrogens is 248 g/mol. The number of aromatic nitrogens is 1. The van der Waals surface area contributed by atoms with Crippen molar-refractivity contribution in [2.24, 2.45) is 10.9 Å². The van der Waals surface area contributed by atoms with E-state index in [4.69, 9.17) is 10.9 Å². The van der Waals surface area contributed by atoms with Gasteiger partial charge in [-0.2, -0.15) is 11.8 Å². The van der Waals surface area contributed by atoms with Gasteiger partial charge in [-0.25, -0.2) is 0 Å². The molecule has 3 N–H and O–H groups in total. The molecule has 0 bridgehead atoms. The molecule has 1 aliphatic heterocycles. The van der Waals surface area contributed by atoms with Crippen LogP contribution < -0.4 is 5.73 Å². The number of rotatable bonds is 4. The molecule has 2 rings (SSSR count). The van der Waals surface area contributed by atoms with Gasteiger partial charge in [-0.1, -0.05) is 5.16 Å². The van der Waals surface area contributed by atoms with Gasteiger partial charge in [0.05, 0.1) is 0 Å². The third-order valence-electron chi connectivity index (χ3n) is 3.16. The summed E-state index contributed by atoms with van der Waals surface area (Å²) in [4.78, 5) is 6.43. The lowest BCUT2D eigenvalue weighted by Crippen LogP contribution is -2.31. The minimum absolute atomic E-state index is 0.0518. The first-order valence-electron chi connectivity index (χ1n) is 5.91. The fourth-order valence-corrected chi connectivity index (χ4v) is 3.35. The Bertz CT molecular complexity index is 432. The van der Waals surface area contributed by atoms with Crippen LogP contribution in [0.25, 0.3) is 0 Å². The van der Waals surface area contributed by atoms with Gasteiger partial charge in [0.1, 0.15) is 5.69 Å². The van der Waals surface area contributed by atoms with Gasteiger partial charge in [-0.05, 0) is 36.9 Å². The molecule has 1 aliphatic rings. The second-order valence-corrected chi connectivity index (χ2v) is 5.62. The summed E-state index contributed by atoms with van der Waals surface area (Å²) in [5, 5.41) is 11.6. The third-order valence-corrected chi connectivity index (χ3v) is 4.30. The van der Waals surface area contributed by atoms with Gasteiger partial charge in [0.25, 0.3) is 0 Å². The van der Waals surface area contributed by atoms with Crippen LogP contribution in [0.2, 0.25) is 0 Å². The average molecular weight is 266 g/mol. The van der Waals surface area contributed by atoms with Gasteiger partial charge < -0.3 is 10.9 Å². The average Bonchev–Trinajstić information content (AvgIpc) is 2.92. The summed E-state index contributed by atoms with van der Waals surface area (Å²) in [5.41, 5.74) is 7.18. The van der Waals surface area contributed by atoms with Gasteiger partial charge in [0, 0.05) is 24.5 Å². The molecule has 6 heteroatoms. The highest BCUT2D eigenvalue weighted by molar-refractivity contribution is 7.99. The molecule has 0 aromatic carbocycles. The summed E-state index contributed by atoms with van der Waals surface area (Å²) < 4.78 is 0. The lowest BCUT2D eigenvalue weighted by Gasteiger charge is -2.23. The summed E-state index contributed by atoms with van der Waals surface area (Å²) in [6.45, 7) is 0.861. The van der Waals surface area contributed by atoms with E-state index in [1.165, 1.54) is 17.9 Å². The van der Waals surface area contributed by atoms with Crippen molar-refractivity contribution in [1.82, 2.24) is 9.88 Å². The van der Waals surface area contributed by atoms with Crippen molar-refractivity contribution in [2.75, 3.05) is 18.6 Å². The molecule has 1 aromatic heterocycles. The number of thioether (sulfide) groups is 1. The summed E-state index contributed by atoms with van der Waals surface area (Å²) in [7, 11) is 2.14. The first-order chi connectivity index (χ1) is 8.70. The molecule has 0 spiro atoms. The molecule has 18 heavy (non-hydrogen) atoms. The van der Waals surface area contributed by atoms with Gasteiger partial charge >= 0.3 is 0 Å². The van der Waals surface area contributed by atoms with E-state index < -0.39 is 0 Å². The van der Waals surface area contributed by atoms with Crippen molar-refractivity contribution in [3.8, 4) is 0 Å². The zero-order valence-corrected chi connectivity index (χ0v) is 11.2. The Balaban J connectivity index is 2.04. The zero-order chi connectivity index (χ0) is 13.0. The Morgan fingerprint density at radius 2 is 2.56 bits per heavy atom. The van der Waals surface area contributed by atoms with Crippen LogP contribution >= 0.6 is 11.8 Å². The fraction of sp³-hybridized carbons (Fsp3) is 0.500. The molecule has 1 atom stereocenters. The molecule has 0 radical (unpaired) electrons. The maximum Gasteiger partial charge on any atom is 0.188 e. The predicted octanol–water partition coefficient (Wildman–Crippen LogP) is 1.11. The number of pyridine rings is 1. The van der Waals surface area contributed by atoms with Crippen LogP contribution in [-0.4, -0.2) is 45.5 Å². The smallest absolute Gasteiger partial charge is 0.188 e. The molecule has 1 saturated heterocycles. The van der Waals surface area contributed by atoms with Crippen LogP contribution in [0.4, 0.5) is 0 Å². The largest absolute Gasteiger partial charge is 0.409 e. The lowest BCUT2D eigenvalue weighted by atomic mass is 10.1. The molecule has 98 valence electrons. The fourth-order valence-electron chi connectivity index (χ4n) is 2.05. The first kappa shape index (κ1) is 13.2. The molecule has 0 amide bonds. The molecule has 1 fully saturated rings. The highest BCUT2D eigenvalue weighted by atomic mass is 32.2. The quantitative estimate of drug-likeness (QED) is 0.369. The van der Waals surface area contributed by atoms with Crippen molar-refractivity contribution in [3.05, 3.63) is 29.6 Å². The highest BCUT2D eigenvalue weighted by Gasteiger charge is 2.20. The van der Waals surface area contributed by atoms with E-state index in [0.717, 1.165) is 12.1 Å². The molecule has 0 saturated carbocycles. The topological polar surface area (TPSA) is 74.7 Å². The van der Waals surface area contributed by atoms with Gasteiger partial charge in [-0.3, -0.25) is 9.88 Å². The van der Waals surface area contributed by atoms with E-state index in [2.05, 4.69) is 22.1 Å². The van der Waals surface area contributed by atoms with Crippen molar-refractivity contribution in [3.63, 3.8) is 0 Å². The number of amidine groups is 1. The van der Waals surface area contributed by atoms with Crippen LogP contribution in [0.3, 0.4) is 0 Å². The van der Waals surface area contributed by atoms with E-state index in [1.54, 1.807) is 6.20 Å². The second kappa shape index (κ2) is 6.06. The van der Waals surface area contributed by atoms with Crippen molar-refractivity contribution >= 4 is 17.6 Å². The number of nitrogens with zero attached hydrogens (tertiary/aromatic N) is 3. The molecule has 0 aliphatic carbocycles. The maximum absolute atomic E-state index is 8.64. The zero-order valence-electron chi connectivity index (χ0n) is 10.4. The Morgan fingerprint density at radius 3 is 3.22 bits per heavy atom. The van der Waals surface area contributed by atoms with E-state index in [1.807, 2.05) is 23.9 Å². The summed E-state index contributed by atoms with van der Waals surface area (Å²) >= 11 is 2.01. The van der Waals surface area contributed by atoms with Crippen LogP contribution in [0, 0.1) is 0 Å². The number of hydrogen-bond acceptors (Lipinski definition) is 5. The third kappa shape index (κ3) is 3.14. The van der Waals surface area contributed by atoms with E-state index >= 15 is 0 Å². The summed E-state index contributed by atoms with van der Waals surface area (Å²) in [5.74, 6) is 2.51. The lowest BCUT2D eigenvalue weighted by molar-refractivity contribution is 0.254. The Hall–Kier alpha value is -1.27. The predicted molar refractivity (Wildman–Crippen MR) is 73.9 cm³/mol. The van der Waals surface area contributed by atoms with Crippen LogP contribution in [0.1, 0.15) is 17.7 Å². The summed E-state index contributed by atoms with van der Waals surface area (Å²) in [6.07, 6.45) is 2.94. The van der Waals surface area contributed by atoms with Crippen LogP contribution in [0.15, 0.2) is 23.5 Å². The number of oxime groups is 1. The van der Waals surface area contributed by atoms with Crippen LogP contribution in [0.5, 0.6) is 0 Å². The van der Waals surface area contributed by atoms with Crippen molar-refractivity contribution < 1.29 is 5.21 Å². The minimum atomic E-state index is 0.0518. The minimum Gasteiger partial charge on any atom is -0.409 e. The Labute approximate surface area is 111 Å². The van der Waals surface area contributed by atoms with Gasteiger partial charge in [0.2, 0.25) is 0 Å². The molecular formula is C12H18N4OS. The second-order valence-electron chi connectivity index (χ2n) is 4.47. The molecule has 1 unspecified atom stereocenters. The molecule has 1 aromatic rings. The monoisotopic (exact) mass is 266 g/mol. The van der Waals surface area contributed by atoms with E-state index in [-0.39, 0.29) is 5.84 Å². The molecule has 5 nitrogen and oxygen atoms in total. The SMILES string of the molecule is CN(Cc1ccnc(C(N)=NO)c1)C1CCSC1. The standard InChI is InChI=1S/C12H18N4OS/c1-16(10-3-5-18-8-10)7-9-2-4-14-11(6-9)12(13)15-17/h2,4,6,10,17H,3,5,7-8H2,1H3,(H2,13,15). The number of nitrogens with two attached hydrogens (primary N) is 1. The normalized spacial score (nSPS) is 20.6. The number of hydrogen-bond donors (Lipinski definition) is 2. The Morgan fingerprint density at radius 1 is 1.72 bits per heavy atom. The summed E-state index contributed by atoms with van der Waals surface area (Å²) in [6, 6.07) is 4.48. The van der Waals surface area contributed by atoms with Gasteiger partial charge in [0.15, 0.2) is 5.84 Å². The van der Waals surface area contributed by atoms with E-state index in [9.17, 15) is 0 Å².